The van der Waals surface area contributed by atoms with Gasteiger partial charge in [-0.15, -0.1) is 5.10 Å². The van der Waals surface area contributed by atoms with E-state index in [1.54, 1.807) is 10.7 Å². The van der Waals surface area contributed by atoms with Gasteiger partial charge < -0.3 is 20.4 Å². The number of aromatic nitrogens is 4. The van der Waals surface area contributed by atoms with Crippen LogP contribution in [-0.4, -0.2) is 124 Å². The molecule has 17 heteroatoms. The van der Waals surface area contributed by atoms with Crippen molar-refractivity contribution in [3.63, 3.8) is 0 Å². The quantitative estimate of drug-likeness (QED) is 0.0844. The SMILES string of the molecule is Cc1c(C(C)Nc2nnc(C)c3ccc(N4CCN(CCCCCN5CCN(C(=O)CNc6cccc7c(C8CCC(=O)NC8=O)nn(C)c67)CC5)CC4)cc23)cccc1C(F)(F)F. The molecule has 340 valence electrons. The van der Waals surface area contributed by atoms with E-state index in [-0.39, 0.29) is 36.3 Å². The van der Waals surface area contributed by atoms with E-state index >= 15 is 0 Å². The number of unbranched alkanes of at least 4 members (excludes halogenated alkanes) is 2. The molecule has 3 N–H and O–H groups in total. The third-order valence-electron chi connectivity index (χ3n) is 13.3. The topological polar surface area (TPSA) is 144 Å². The summed E-state index contributed by atoms with van der Waals surface area (Å²) in [5.41, 5.74) is 4.28. The highest BCUT2D eigenvalue weighted by Gasteiger charge is 2.34. The zero-order chi connectivity index (χ0) is 45.1. The fourth-order valence-corrected chi connectivity index (χ4v) is 9.59. The lowest BCUT2D eigenvalue weighted by Crippen LogP contribution is -2.50. The maximum Gasteiger partial charge on any atom is 0.416 e. The van der Waals surface area contributed by atoms with Crippen molar-refractivity contribution in [1.29, 1.82) is 0 Å². The van der Waals surface area contributed by atoms with Crippen molar-refractivity contribution in [3.05, 3.63) is 82.7 Å². The number of amides is 3. The second-order valence-corrected chi connectivity index (χ2v) is 17.4. The van der Waals surface area contributed by atoms with Gasteiger partial charge in [0.2, 0.25) is 17.7 Å². The zero-order valence-electron chi connectivity index (χ0n) is 37.1. The molecule has 3 amide bonds. The Labute approximate surface area is 371 Å². The fourth-order valence-electron chi connectivity index (χ4n) is 9.59. The number of nitrogens with zero attached hydrogens (tertiary/aromatic N) is 8. The Bertz CT molecular complexity index is 2510. The molecule has 5 aromatic rings. The summed E-state index contributed by atoms with van der Waals surface area (Å²) in [5.74, 6) is -0.468. The van der Waals surface area contributed by atoms with Crippen LogP contribution < -0.4 is 20.9 Å². The molecule has 3 saturated heterocycles. The van der Waals surface area contributed by atoms with Gasteiger partial charge in [-0.1, -0.05) is 36.8 Å². The molecule has 3 fully saturated rings. The number of piperidine rings is 1. The van der Waals surface area contributed by atoms with Crippen LogP contribution in [0.3, 0.4) is 0 Å². The Hall–Kier alpha value is -5.81. The lowest BCUT2D eigenvalue weighted by Gasteiger charge is -2.36. The van der Waals surface area contributed by atoms with Crippen LogP contribution in [0.15, 0.2) is 54.6 Å². The molecule has 2 aromatic heterocycles. The van der Waals surface area contributed by atoms with Crippen molar-refractivity contribution in [2.45, 2.75) is 71.0 Å². The van der Waals surface area contributed by atoms with E-state index in [4.69, 9.17) is 0 Å². The first kappa shape index (κ1) is 44.8. The Kier molecular flexibility index (Phi) is 13.4. The number of benzene rings is 3. The maximum absolute atomic E-state index is 13.7. The number of imide groups is 1. The molecule has 0 radical (unpaired) electrons. The summed E-state index contributed by atoms with van der Waals surface area (Å²) < 4.78 is 42.7. The van der Waals surface area contributed by atoms with Crippen molar-refractivity contribution in [2.24, 2.45) is 7.05 Å². The lowest BCUT2D eigenvalue weighted by atomic mass is 9.92. The Morgan fingerprint density at radius 1 is 0.859 bits per heavy atom. The van der Waals surface area contributed by atoms with E-state index in [1.165, 1.54) is 13.0 Å². The number of rotatable bonds is 14. The summed E-state index contributed by atoms with van der Waals surface area (Å²) in [5, 5.41) is 25.3. The average molecular weight is 882 g/mol. The predicted molar refractivity (Wildman–Crippen MR) is 242 cm³/mol. The van der Waals surface area contributed by atoms with Gasteiger partial charge >= 0.3 is 6.18 Å². The molecular weight excluding hydrogens is 824 g/mol. The molecule has 0 aliphatic carbocycles. The first-order valence-electron chi connectivity index (χ1n) is 22.5. The van der Waals surface area contributed by atoms with Crippen molar-refractivity contribution in [2.75, 3.05) is 87.5 Å². The van der Waals surface area contributed by atoms with Gasteiger partial charge in [-0.2, -0.15) is 23.4 Å². The Morgan fingerprint density at radius 2 is 1.56 bits per heavy atom. The predicted octanol–water partition coefficient (Wildman–Crippen LogP) is 6.39. The second kappa shape index (κ2) is 19.1. The minimum absolute atomic E-state index is 0.0493. The number of halogens is 3. The smallest absolute Gasteiger partial charge is 0.374 e. The number of carbonyl (C=O) groups is 3. The van der Waals surface area contributed by atoms with E-state index < -0.39 is 23.7 Å². The minimum Gasteiger partial charge on any atom is -0.374 e. The van der Waals surface area contributed by atoms with Crippen LogP contribution in [0.25, 0.3) is 21.7 Å². The lowest BCUT2D eigenvalue weighted by molar-refractivity contribution is -0.138. The maximum atomic E-state index is 13.7. The van der Waals surface area contributed by atoms with Gasteiger partial charge in [0.25, 0.3) is 0 Å². The molecule has 64 heavy (non-hydrogen) atoms. The summed E-state index contributed by atoms with van der Waals surface area (Å²) in [6.07, 6.45) is -0.316. The molecule has 5 heterocycles. The van der Waals surface area contributed by atoms with Crippen LogP contribution in [0.1, 0.15) is 79.1 Å². The van der Waals surface area contributed by atoms with Gasteiger partial charge in [-0.3, -0.25) is 34.2 Å². The largest absolute Gasteiger partial charge is 0.416 e. The molecule has 3 aliphatic heterocycles. The van der Waals surface area contributed by atoms with E-state index in [1.807, 2.05) is 44.0 Å². The van der Waals surface area contributed by atoms with E-state index in [2.05, 4.69) is 64.1 Å². The first-order valence-corrected chi connectivity index (χ1v) is 22.5. The summed E-state index contributed by atoms with van der Waals surface area (Å²) in [4.78, 5) is 46.9. The monoisotopic (exact) mass is 881 g/mol. The number of carbonyl (C=O) groups excluding carboxylic acids is 3. The Balaban J connectivity index is 0.751. The number of aryl methyl sites for hydroxylation is 2. The zero-order valence-corrected chi connectivity index (χ0v) is 37.1. The van der Waals surface area contributed by atoms with Gasteiger partial charge in [0, 0.05) is 87.7 Å². The summed E-state index contributed by atoms with van der Waals surface area (Å²) in [7, 11) is 1.83. The number of anilines is 3. The number of hydrogen-bond donors (Lipinski definition) is 3. The number of alkyl halides is 3. The third kappa shape index (κ3) is 9.79. The molecule has 3 aliphatic rings. The second-order valence-electron chi connectivity index (χ2n) is 17.4. The molecule has 0 saturated carbocycles. The van der Waals surface area contributed by atoms with Crippen molar-refractivity contribution in [1.82, 2.24) is 40.0 Å². The van der Waals surface area contributed by atoms with E-state index in [9.17, 15) is 27.6 Å². The van der Waals surface area contributed by atoms with Crippen molar-refractivity contribution >= 4 is 56.6 Å². The third-order valence-corrected chi connectivity index (χ3v) is 13.3. The van der Waals surface area contributed by atoms with Gasteiger partial charge in [0.15, 0.2) is 5.82 Å². The van der Waals surface area contributed by atoms with Crippen LogP contribution in [0.4, 0.5) is 30.4 Å². The van der Waals surface area contributed by atoms with Gasteiger partial charge in [-0.25, -0.2) is 0 Å². The van der Waals surface area contributed by atoms with Crippen LogP contribution in [0.2, 0.25) is 0 Å². The Morgan fingerprint density at radius 3 is 2.27 bits per heavy atom. The number of fused-ring (bicyclic) bond motifs is 2. The number of hydrogen-bond acceptors (Lipinski definition) is 11. The van der Waals surface area contributed by atoms with Gasteiger partial charge in [0.1, 0.15) is 0 Å². The summed E-state index contributed by atoms with van der Waals surface area (Å²) in [6, 6.07) is 15.9. The number of para-hydroxylation sites is 1. The fraction of sp³-hybridized carbons (Fsp3) is 0.489. The number of nitrogens with one attached hydrogen (secondary N) is 3. The van der Waals surface area contributed by atoms with Crippen LogP contribution in [-0.2, 0) is 27.6 Å². The molecule has 3 aromatic carbocycles. The van der Waals surface area contributed by atoms with E-state index in [0.29, 0.717) is 36.6 Å². The van der Waals surface area contributed by atoms with E-state index in [0.717, 1.165) is 116 Å². The summed E-state index contributed by atoms with van der Waals surface area (Å²) in [6.45, 7) is 14.3. The minimum atomic E-state index is -4.42. The molecule has 2 unspecified atom stereocenters. The summed E-state index contributed by atoms with van der Waals surface area (Å²) >= 11 is 0. The standard InChI is InChI=1S/C47H58F3N11O3/c1-30-34(10-8-12-39(30)47(48,49)50)31(2)52-45-38-28-33(14-15-35(38)32(3)54-55-45)60-24-20-58(21-25-60)18-6-5-7-19-59-22-26-61(27-23-59)42(63)29-51-40-13-9-11-36-43(56-57(4)44(36)40)37-16-17-41(62)53-46(37)64/h8-15,28,31,37,51H,5-7,16-27,29H2,1-4H3,(H,52,55)(H,53,62,64). The van der Waals surface area contributed by atoms with Gasteiger partial charge in [-0.05, 0) is 88.5 Å². The van der Waals surface area contributed by atoms with Crippen LogP contribution in [0, 0.1) is 13.8 Å². The molecule has 2 atom stereocenters. The van der Waals surface area contributed by atoms with Crippen molar-refractivity contribution < 1.29 is 27.6 Å². The average Bonchev–Trinajstić information content (AvgIpc) is 3.62. The van der Waals surface area contributed by atoms with Crippen LogP contribution >= 0.6 is 0 Å². The highest BCUT2D eigenvalue weighted by atomic mass is 19.4. The van der Waals surface area contributed by atoms with Crippen LogP contribution in [0.5, 0.6) is 0 Å². The highest BCUT2D eigenvalue weighted by Crippen LogP contribution is 2.37. The molecule has 14 nitrogen and oxygen atoms in total. The molecule has 8 rings (SSSR count). The molecule has 0 spiro atoms. The number of piperazine rings is 2. The molecule has 0 bridgehead atoms. The molecular formula is C47H58F3N11O3. The van der Waals surface area contributed by atoms with Crippen molar-refractivity contribution in [3.8, 4) is 0 Å². The van der Waals surface area contributed by atoms with Gasteiger partial charge in [0.05, 0.1) is 46.7 Å². The highest BCUT2D eigenvalue weighted by molar-refractivity contribution is 6.04. The normalized spacial score (nSPS) is 18.5. The first-order chi connectivity index (χ1) is 30.7.